The lowest BCUT2D eigenvalue weighted by atomic mass is 10.1. The summed E-state index contributed by atoms with van der Waals surface area (Å²) in [6.07, 6.45) is 0.276. The quantitative estimate of drug-likeness (QED) is 0.472. The molecule has 0 aliphatic heterocycles. The number of carbonyl (C=O) groups is 2. The molecule has 1 aliphatic carbocycles. The van der Waals surface area contributed by atoms with E-state index in [1.807, 2.05) is 0 Å². The minimum Gasteiger partial charge on any atom is -0.433 e. The third-order valence-electron chi connectivity index (χ3n) is 3.34. The smallest absolute Gasteiger partial charge is 0.433 e. The fourth-order valence-electron chi connectivity index (χ4n) is 2.06. The van der Waals surface area contributed by atoms with Gasteiger partial charge in [0.15, 0.2) is 0 Å². The van der Waals surface area contributed by atoms with Gasteiger partial charge in [-0.1, -0.05) is 24.3 Å². The number of nitrogens with zero attached hydrogens (tertiary/aromatic N) is 1. The van der Waals surface area contributed by atoms with Crippen LogP contribution < -0.4 is 0 Å². The third-order valence-corrected chi connectivity index (χ3v) is 3.34. The fraction of sp³-hybridized carbons (Fsp3) is 0.333. The molecule has 110 valence electrons. The summed E-state index contributed by atoms with van der Waals surface area (Å²) in [5.74, 6) is -0.361. The second kappa shape index (κ2) is 6.78. The van der Waals surface area contributed by atoms with Crippen LogP contribution in [-0.4, -0.2) is 18.5 Å². The summed E-state index contributed by atoms with van der Waals surface area (Å²) >= 11 is 0. The van der Waals surface area contributed by atoms with Crippen LogP contribution in [0.25, 0.3) is 0 Å². The van der Waals surface area contributed by atoms with Crippen molar-refractivity contribution in [1.82, 2.24) is 0 Å². The lowest BCUT2D eigenvalue weighted by Crippen LogP contribution is -2.19. The summed E-state index contributed by atoms with van der Waals surface area (Å²) in [6.45, 7) is 3.79. The Morgan fingerprint density at radius 2 is 1.95 bits per heavy atom. The number of nitroso groups, excluding NO2 is 1. The molecule has 0 spiro atoms. The van der Waals surface area contributed by atoms with Crippen LogP contribution in [0.1, 0.15) is 18.4 Å². The summed E-state index contributed by atoms with van der Waals surface area (Å²) in [4.78, 5) is 33.2. The van der Waals surface area contributed by atoms with E-state index in [9.17, 15) is 14.5 Å². The molecule has 1 fully saturated rings. The third kappa shape index (κ3) is 3.98. The van der Waals surface area contributed by atoms with Gasteiger partial charge in [-0.2, -0.15) is 0 Å². The zero-order valence-electron chi connectivity index (χ0n) is 11.4. The molecule has 6 heteroatoms. The number of benzene rings is 1. The van der Waals surface area contributed by atoms with Gasteiger partial charge < -0.3 is 9.47 Å². The molecule has 1 aromatic carbocycles. The minimum atomic E-state index is -0.833. The largest absolute Gasteiger partial charge is 0.508 e. The average Bonchev–Trinajstić information content (AvgIpc) is 2.82. The van der Waals surface area contributed by atoms with Crippen LogP contribution in [0.15, 0.2) is 41.6 Å². The molecule has 1 atom stereocenters. The predicted molar refractivity (Wildman–Crippen MR) is 74.9 cm³/mol. The van der Waals surface area contributed by atoms with E-state index in [0.717, 1.165) is 5.57 Å². The molecule has 0 aromatic heterocycles. The van der Waals surface area contributed by atoms with Gasteiger partial charge in [0.1, 0.15) is 24.7 Å². The first kappa shape index (κ1) is 14.9. The van der Waals surface area contributed by atoms with Crippen molar-refractivity contribution in [2.75, 3.05) is 6.61 Å². The lowest BCUT2D eigenvalue weighted by molar-refractivity contribution is -0.121. The number of hydrogen-bond donors (Lipinski definition) is 0. The molecule has 1 aliphatic rings. The zero-order chi connectivity index (χ0) is 15.2. The highest BCUT2D eigenvalue weighted by Gasteiger charge is 2.29. The predicted octanol–water partition coefficient (Wildman–Crippen LogP) is 3.27. The van der Waals surface area contributed by atoms with Crippen LogP contribution in [0.5, 0.6) is 0 Å². The van der Waals surface area contributed by atoms with Gasteiger partial charge >= 0.3 is 6.16 Å². The molecule has 0 N–H and O–H groups in total. The summed E-state index contributed by atoms with van der Waals surface area (Å²) in [5.41, 5.74) is 1.81. The Kier molecular flexibility index (Phi) is 4.81. The van der Waals surface area contributed by atoms with E-state index in [0.29, 0.717) is 24.1 Å². The van der Waals surface area contributed by atoms with Gasteiger partial charge in [-0.15, -0.1) is 4.91 Å². The van der Waals surface area contributed by atoms with E-state index in [2.05, 4.69) is 11.8 Å². The maximum absolute atomic E-state index is 11.5. The molecular formula is C15H15NO5. The average molecular weight is 289 g/mol. The Labute approximate surface area is 121 Å². The molecule has 1 unspecified atom stereocenters. The van der Waals surface area contributed by atoms with Gasteiger partial charge in [-0.05, 0) is 29.3 Å². The summed E-state index contributed by atoms with van der Waals surface area (Å²) in [7, 11) is 0. The second-order valence-electron chi connectivity index (χ2n) is 4.78. The minimum absolute atomic E-state index is 0.0233. The first-order valence-electron chi connectivity index (χ1n) is 6.52. The van der Waals surface area contributed by atoms with Crippen molar-refractivity contribution >= 4 is 17.6 Å². The number of ketones is 1. The molecule has 0 saturated heterocycles. The topological polar surface area (TPSA) is 82.0 Å². The van der Waals surface area contributed by atoms with Gasteiger partial charge in [0.05, 0.1) is 5.92 Å². The van der Waals surface area contributed by atoms with E-state index >= 15 is 0 Å². The maximum Gasteiger partial charge on any atom is 0.508 e. The summed E-state index contributed by atoms with van der Waals surface area (Å²) < 4.78 is 9.84. The molecule has 0 heterocycles. The molecule has 21 heavy (non-hydrogen) atoms. The van der Waals surface area contributed by atoms with E-state index in [1.54, 1.807) is 12.1 Å². The number of carbonyl (C=O) groups excluding carboxylic acids is 2. The van der Waals surface area contributed by atoms with E-state index in [-0.39, 0.29) is 19.0 Å². The van der Waals surface area contributed by atoms with Gasteiger partial charge in [-0.25, -0.2) is 4.79 Å². The fourth-order valence-corrected chi connectivity index (χ4v) is 2.06. The summed E-state index contributed by atoms with van der Waals surface area (Å²) in [6, 6.07) is 6.31. The highest BCUT2D eigenvalue weighted by Crippen LogP contribution is 2.26. The Balaban J connectivity index is 1.75. The SMILES string of the molecule is C=C1CCC(=O)C1COC(=O)OCc1ccc(N=O)cc1. The molecule has 0 radical (unpaired) electrons. The van der Waals surface area contributed by atoms with E-state index in [1.165, 1.54) is 12.1 Å². The van der Waals surface area contributed by atoms with Gasteiger partial charge in [0.2, 0.25) is 0 Å². The summed E-state index contributed by atoms with van der Waals surface area (Å²) in [5, 5.41) is 2.77. The highest BCUT2D eigenvalue weighted by atomic mass is 16.7. The monoisotopic (exact) mass is 289 g/mol. The van der Waals surface area contributed by atoms with Crippen LogP contribution in [-0.2, 0) is 20.9 Å². The number of Topliss-reactive ketones (excluding diaryl/α,β-unsaturated/α-hetero) is 1. The van der Waals surface area contributed by atoms with Crippen molar-refractivity contribution < 1.29 is 19.1 Å². The van der Waals surface area contributed by atoms with Crippen LogP contribution >= 0.6 is 0 Å². The first-order chi connectivity index (χ1) is 10.1. The van der Waals surface area contributed by atoms with Crippen molar-refractivity contribution in [2.45, 2.75) is 19.4 Å². The number of ether oxygens (including phenoxy) is 2. The van der Waals surface area contributed by atoms with Gasteiger partial charge in [-0.3, -0.25) is 4.79 Å². The van der Waals surface area contributed by atoms with Crippen molar-refractivity contribution in [3.8, 4) is 0 Å². The normalized spacial score (nSPS) is 17.6. The van der Waals surface area contributed by atoms with Gasteiger partial charge in [0, 0.05) is 6.42 Å². The second-order valence-corrected chi connectivity index (χ2v) is 4.78. The Bertz CT molecular complexity index is 548. The van der Waals surface area contributed by atoms with E-state index in [4.69, 9.17) is 9.47 Å². The highest BCUT2D eigenvalue weighted by molar-refractivity contribution is 5.87. The van der Waals surface area contributed by atoms with Gasteiger partial charge in [0.25, 0.3) is 0 Å². The zero-order valence-corrected chi connectivity index (χ0v) is 11.4. The lowest BCUT2D eigenvalue weighted by Gasteiger charge is -2.11. The number of hydrogen-bond acceptors (Lipinski definition) is 6. The van der Waals surface area contributed by atoms with E-state index < -0.39 is 12.1 Å². The molecule has 0 bridgehead atoms. The van der Waals surface area contributed by atoms with Crippen molar-refractivity contribution in [1.29, 1.82) is 0 Å². The Hall–Kier alpha value is -2.50. The molecule has 1 aromatic rings. The van der Waals surface area contributed by atoms with Crippen molar-refractivity contribution in [2.24, 2.45) is 11.1 Å². The Morgan fingerprint density at radius 3 is 2.52 bits per heavy atom. The van der Waals surface area contributed by atoms with Crippen molar-refractivity contribution in [3.63, 3.8) is 0 Å². The van der Waals surface area contributed by atoms with Crippen LogP contribution in [0, 0.1) is 10.8 Å². The van der Waals surface area contributed by atoms with Crippen LogP contribution in [0.2, 0.25) is 0 Å². The van der Waals surface area contributed by atoms with Crippen LogP contribution in [0.4, 0.5) is 10.5 Å². The number of rotatable bonds is 5. The molecule has 1 saturated carbocycles. The van der Waals surface area contributed by atoms with Crippen molar-refractivity contribution in [3.05, 3.63) is 46.9 Å². The maximum atomic E-state index is 11.5. The molecular weight excluding hydrogens is 274 g/mol. The molecule has 2 rings (SSSR count). The molecule has 0 amide bonds. The standard InChI is InChI=1S/C15H15NO5/c1-10-2-7-14(17)13(10)9-21-15(18)20-8-11-3-5-12(16-19)6-4-11/h3-6,13H,1-2,7-9H2. The molecule has 6 nitrogen and oxygen atoms in total. The Morgan fingerprint density at radius 1 is 1.24 bits per heavy atom. The van der Waals surface area contributed by atoms with Crippen LogP contribution in [0.3, 0.4) is 0 Å². The first-order valence-corrected chi connectivity index (χ1v) is 6.52.